The van der Waals surface area contributed by atoms with E-state index in [2.05, 4.69) is 12.4 Å². The van der Waals surface area contributed by atoms with Crippen LogP contribution in [0.1, 0.15) is 38.5 Å². The first kappa shape index (κ1) is 10.3. The van der Waals surface area contributed by atoms with E-state index in [1.54, 1.807) is 12.8 Å². The molecule has 0 aliphatic heterocycles. The van der Waals surface area contributed by atoms with Gasteiger partial charge in [-0.25, -0.2) is 0 Å². The molecule has 1 nitrogen and oxygen atoms in total. The van der Waals surface area contributed by atoms with Crippen molar-refractivity contribution in [3.63, 3.8) is 0 Å². The zero-order valence-corrected chi connectivity index (χ0v) is 8.75. The van der Waals surface area contributed by atoms with Crippen LogP contribution < -0.4 is 5.32 Å². The minimum atomic E-state index is 0. The molecule has 0 heterocycles. The zero-order chi connectivity index (χ0) is 7.73. The van der Waals surface area contributed by atoms with Gasteiger partial charge in [0, 0.05) is 0 Å². The fraction of sp³-hybridized carbons (Fsp3) is 1.00. The van der Waals surface area contributed by atoms with Crippen molar-refractivity contribution in [3.05, 3.63) is 0 Å². The predicted molar refractivity (Wildman–Crippen MR) is 54.8 cm³/mol. The summed E-state index contributed by atoms with van der Waals surface area (Å²) in [5, 5.41) is 3.29. The van der Waals surface area contributed by atoms with Crippen LogP contribution in [-0.4, -0.2) is 13.6 Å². The molecule has 0 aromatic rings. The zero-order valence-electron chi connectivity index (χ0n) is 7.94. The van der Waals surface area contributed by atoms with Crippen molar-refractivity contribution in [1.29, 1.82) is 0 Å². The van der Waals surface area contributed by atoms with Crippen molar-refractivity contribution >= 4 is 12.4 Å². The molecular formula is C10H20ClN. The van der Waals surface area contributed by atoms with E-state index in [4.69, 9.17) is 0 Å². The minimum absolute atomic E-state index is 0. The van der Waals surface area contributed by atoms with Crippen LogP contribution in [0.2, 0.25) is 0 Å². The molecule has 0 bridgehead atoms. The Morgan fingerprint density at radius 3 is 2.17 bits per heavy atom. The second kappa shape index (κ2) is 3.97. The molecule has 72 valence electrons. The van der Waals surface area contributed by atoms with Crippen molar-refractivity contribution in [1.82, 2.24) is 5.32 Å². The summed E-state index contributed by atoms with van der Waals surface area (Å²) in [6.07, 6.45) is 9.11. The maximum Gasteiger partial charge on any atom is -0.00235 e. The lowest BCUT2D eigenvalue weighted by Crippen LogP contribution is -2.24. The molecule has 2 aliphatic rings. The number of rotatable bonds is 2. The van der Waals surface area contributed by atoms with Gasteiger partial charge in [-0.05, 0) is 63.5 Å². The fourth-order valence-electron chi connectivity index (χ4n) is 2.46. The Hall–Kier alpha value is 0.250. The van der Waals surface area contributed by atoms with Crippen molar-refractivity contribution < 1.29 is 0 Å². The van der Waals surface area contributed by atoms with Gasteiger partial charge in [0.2, 0.25) is 0 Å². The molecular weight excluding hydrogens is 170 g/mol. The summed E-state index contributed by atoms with van der Waals surface area (Å²) >= 11 is 0. The Kier molecular flexibility index (Phi) is 3.42. The van der Waals surface area contributed by atoms with E-state index in [1.807, 2.05) is 0 Å². The van der Waals surface area contributed by atoms with Crippen LogP contribution in [0.3, 0.4) is 0 Å². The summed E-state index contributed by atoms with van der Waals surface area (Å²) in [6.45, 7) is 1.25. The molecule has 2 saturated carbocycles. The smallest absolute Gasteiger partial charge is 0.00235 e. The second-order valence-corrected chi connectivity index (χ2v) is 4.50. The molecule has 2 heteroatoms. The quantitative estimate of drug-likeness (QED) is 0.705. The number of hydrogen-bond donors (Lipinski definition) is 1. The minimum Gasteiger partial charge on any atom is -0.319 e. The van der Waals surface area contributed by atoms with E-state index in [0.717, 1.165) is 11.3 Å². The van der Waals surface area contributed by atoms with Crippen LogP contribution in [0.4, 0.5) is 0 Å². The summed E-state index contributed by atoms with van der Waals surface area (Å²) in [6, 6.07) is 0. The molecule has 1 N–H and O–H groups in total. The molecule has 1 spiro atoms. The highest BCUT2D eigenvalue weighted by Gasteiger charge is 2.44. The third kappa shape index (κ3) is 2.14. The lowest BCUT2D eigenvalue weighted by atomic mass is 9.80. The van der Waals surface area contributed by atoms with Gasteiger partial charge in [-0.15, -0.1) is 12.4 Å². The van der Waals surface area contributed by atoms with Gasteiger partial charge in [0.25, 0.3) is 0 Å². The van der Waals surface area contributed by atoms with Crippen molar-refractivity contribution in [2.24, 2.45) is 11.3 Å². The van der Waals surface area contributed by atoms with Gasteiger partial charge < -0.3 is 5.32 Å². The molecule has 0 radical (unpaired) electrons. The van der Waals surface area contributed by atoms with Gasteiger partial charge in [0.05, 0.1) is 0 Å². The van der Waals surface area contributed by atoms with Crippen LogP contribution in [0, 0.1) is 11.3 Å². The lowest BCUT2D eigenvalue weighted by molar-refractivity contribution is 0.254. The molecule has 12 heavy (non-hydrogen) atoms. The summed E-state index contributed by atoms with van der Waals surface area (Å²) in [5.41, 5.74) is 0.879. The highest BCUT2D eigenvalue weighted by Crippen LogP contribution is 2.56. The average Bonchev–Trinajstić information content (AvgIpc) is 2.76. The molecule has 2 rings (SSSR count). The molecule has 0 saturated heterocycles. The van der Waals surface area contributed by atoms with E-state index >= 15 is 0 Å². The van der Waals surface area contributed by atoms with Crippen LogP contribution in [0.15, 0.2) is 0 Å². The van der Waals surface area contributed by atoms with Gasteiger partial charge in [-0.2, -0.15) is 0 Å². The first-order valence-electron chi connectivity index (χ1n) is 4.99. The van der Waals surface area contributed by atoms with E-state index in [-0.39, 0.29) is 12.4 Å². The molecule has 0 atom stereocenters. The highest BCUT2D eigenvalue weighted by molar-refractivity contribution is 5.85. The van der Waals surface area contributed by atoms with Crippen molar-refractivity contribution in [2.45, 2.75) is 38.5 Å². The Morgan fingerprint density at radius 2 is 1.75 bits per heavy atom. The van der Waals surface area contributed by atoms with E-state index < -0.39 is 0 Å². The van der Waals surface area contributed by atoms with Crippen LogP contribution in [0.25, 0.3) is 0 Å². The number of hydrogen-bond acceptors (Lipinski definition) is 1. The third-order valence-corrected chi connectivity index (χ3v) is 3.62. The van der Waals surface area contributed by atoms with Crippen LogP contribution in [-0.2, 0) is 0 Å². The standard InChI is InChI=1S/C10H19N.ClH/c1-11-8-9-2-4-10(5-3-9)6-7-10;/h9,11H,2-8H2,1H3;1H. The Bertz CT molecular complexity index is 133. The van der Waals surface area contributed by atoms with E-state index in [1.165, 1.54) is 32.2 Å². The predicted octanol–water partition coefficient (Wildman–Crippen LogP) is 2.60. The molecule has 0 aromatic heterocycles. The second-order valence-electron chi connectivity index (χ2n) is 4.50. The number of nitrogens with one attached hydrogen (secondary N) is 1. The molecule has 0 amide bonds. The van der Waals surface area contributed by atoms with Gasteiger partial charge in [-0.1, -0.05) is 0 Å². The first-order chi connectivity index (χ1) is 5.35. The van der Waals surface area contributed by atoms with Crippen LogP contribution in [0.5, 0.6) is 0 Å². The summed E-state index contributed by atoms with van der Waals surface area (Å²) in [7, 11) is 2.07. The van der Waals surface area contributed by atoms with Crippen molar-refractivity contribution in [3.8, 4) is 0 Å². The van der Waals surface area contributed by atoms with E-state index in [0.29, 0.717) is 0 Å². The molecule has 2 fully saturated rings. The Morgan fingerprint density at radius 1 is 1.17 bits per heavy atom. The Labute approximate surface area is 81.7 Å². The first-order valence-corrected chi connectivity index (χ1v) is 4.99. The maximum atomic E-state index is 3.29. The van der Waals surface area contributed by atoms with Crippen molar-refractivity contribution in [2.75, 3.05) is 13.6 Å². The summed E-state index contributed by atoms with van der Waals surface area (Å²) in [4.78, 5) is 0. The largest absolute Gasteiger partial charge is 0.319 e. The van der Waals surface area contributed by atoms with E-state index in [9.17, 15) is 0 Å². The summed E-state index contributed by atoms with van der Waals surface area (Å²) < 4.78 is 0. The normalized spacial score (nSPS) is 26.8. The highest BCUT2D eigenvalue weighted by atomic mass is 35.5. The summed E-state index contributed by atoms with van der Waals surface area (Å²) in [5.74, 6) is 0.992. The monoisotopic (exact) mass is 189 g/mol. The maximum absolute atomic E-state index is 3.29. The Balaban J connectivity index is 0.000000720. The molecule has 2 aliphatic carbocycles. The van der Waals surface area contributed by atoms with Gasteiger partial charge in [0.15, 0.2) is 0 Å². The average molecular weight is 190 g/mol. The molecule has 0 unspecified atom stereocenters. The lowest BCUT2D eigenvalue weighted by Gasteiger charge is -2.28. The van der Waals surface area contributed by atoms with Gasteiger partial charge in [0.1, 0.15) is 0 Å². The van der Waals surface area contributed by atoms with Gasteiger partial charge in [-0.3, -0.25) is 0 Å². The fourth-order valence-corrected chi connectivity index (χ4v) is 2.46. The van der Waals surface area contributed by atoms with Gasteiger partial charge >= 0.3 is 0 Å². The van der Waals surface area contributed by atoms with Crippen LogP contribution >= 0.6 is 12.4 Å². The third-order valence-electron chi connectivity index (χ3n) is 3.62. The molecule has 0 aromatic carbocycles. The SMILES string of the molecule is CNCC1CCC2(CC1)CC2.Cl. The number of halogens is 1. The topological polar surface area (TPSA) is 12.0 Å².